The summed E-state index contributed by atoms with van der Waals surface area (Å²) < 4.78 is 10.0. The molecule has 19 heavy (non-hydrogen) atoms. The summed E-state index contributed by atoms with van der Waals surface area (Å²) in [6.07, 6.45) is 5.56. The van der Waals surface area contributed by atoms with Crippen molar-refractivity contribution in [2.45, 2.75) is 24.9 Å². The zero-order valence-corrected chi connectivity index (χ0v) is 11.3. The number of hydrogen-bond donors (Lipinski definition) is 1. The van der Waals surface area contributed by atoms with Gasteiger partial charge in [-0.15, -0.1) is 0 Å². The smallest absolute Gasteiger partial charge is 0.330 e. The minimum atomic E-state index is -0.672. The third-order valence-electron chi connectivity index (χ3n) is 3.42. The van der Waals surface area contributed by atoms with E-state index in [1.54, 1.807) is 7.11 Å². The minimum Gasteiger partial charge on any atom is -0.497 e. The van der Waals surface area contributed by atoms with Crippen LogP contribution in [0.25, 0.3) is 0 Å². The van der Waals surface area contributed by atoms with E-state index in [4.69, 9.17) is 9.47 Å². The fourth-order valence-corrected chi connectivity index (χ4v) is 2.25. The molecule has 0 saturated heterocycles. The number of esters is 1. The molecule has 0 heterocycles. The lowest BCUT2D eigenvalue weighted by atomic mass is 9.98. The van der Waals surface area contributed by atoms with E-state index in [9.17, 15) is 4.79 Å². The Morgan fingerprint density at radius 2 is 2.05 bits per heavy atom. The van der Waals surface area contributed by atoms with Crippen molar-refractivity contribution in [2.75, 3.05) is 14.2 Å². The van der Waals surface area contributed by atoms with Gasteiger partial charge in [-0.1, -0.05) is 24.3 Å². The zero-order valence-electron chi connectivity index (χ0n) is 11.3. The van der Waals surface area contributed by atoms with Crippen LogP contribution in [0, 0.1) is 0 Å². The number of carbonyl (C=O) groups is 1. The SMILES string of the molecule is COC(=O)[C@@]1(NCc2ccc(OC)cc2)C=CCC1. The van der Waals surface area contributed by atoms with Crippen LogP contribution in [0.4, 0.5) is 0 Å². The topological polar surface area (TPSA) is 47.6 Å². The van der Waals surface area contributed by atoms with Crippen molar-refractivity contribution in [3.8, 4) is 5.75 Å². The minimum absolute atomic E-state index is 0.227. The molecule has 1 aromatic carbocycles. The first-order valence-electron chi connectivity index (χ1n) is 6.34. The Hall–Kier alpha value is -1.81. The Balaban J connectivity index is 2.03. The maximum Gasteiger partial charge on any atom is 0.330 e. The molecular weight excluding hydrogens is 242 g/mol. The van der Waals surface area contributed by atoms with Gasteiger partial charge in [0.2, 0.25) is 0 Å². The van der Waals surface area contributed by atoms with E-state index in [2.05, 4.69) is 5.32 Å². The van der Waals surface area contributed by atoms with Crippen molar-refractivity contribution in [3.05, 3.63) is 42.0 Å². The Labute approximate surface area is 113 Å². The summed E-state index contributed by atoms with van der Waals surface area (Å²) in [5.41, 5.74) is 0.429. The van der Waals surface area contributed by atoms with Gasteiger partial charge in [0.1, 0.15) is 11.3 Å². The van der Waals surface area contributed by atoms with Gasteiger partial charge in [-0.25, -0.2) is 4.79 Å². The fraction of sp³-hybridized carbons (Fsp3) is 0.400. The van der Waals surface area contributed by atoms with Crippen molar-refractivity contribution >= 4 is 5.97 Å². The summed E-state index contributed by atoms with van der Waals surface area (Å²) in [5, 5.41) is 3.30. The van der Waals surface area contributed by atoms with Gasteiger partial charge >= 0.3 is 5.97 Å². The standard InChI is InChI=1S/C15H19NO3/c1-18-13-7-5-12(6-8-13)11-16-15(14(17)19-2)9-3-4-10-15/h3,5-9,16H,4,10-11H2,1-2H3/t15-/m1/s1. The lowest BCUT2D eigenvalue weighted by molar-refractivity contribution is -0.146. The molecule has 0 aromatic heterocycles. The molecule has 1 aliphatic rings. The third kappa shape index (κ3) is 2.96. The highest BCUT2D eigenvalue weighted by molar-refractivity contribution is 5.84. The monoisotopic (exact) mass is 261 g/mol. The molecule has 0 fully saturated rings. The molecule has 0 saturated carbocycles. The molecule has 1 N–H and O–H groups in total. The number of hydrogen-bond acceptors (Lipinski definition) is 4. The molecule has 1 atom stereocenters. The quantitative estimate of drug-likeness (QED) is 0.651. The second kappa shape index (κ2) is 5.89. The summed E-state index contributed by atoms with van der Waals surface area (Å²) >= 11 is 0. The largest absolute Gasteiger partial charge is 0.497 e. The van der Waals surface area contributed by atoms with Crippen LogP contribution in [0.2, 0.25) is 0 Å². The van der Waals surface area contributed by atoms with Gasteiger partial charge in [0.25, 0.3) is 0 Å². The van der Waals surface area contributed by atoms with Gasteiger partial charge in [0.15, 0.2) is 0 Å². The maximum absolute atomic E-state index is 11.9. The molecule has 4 nitrogen and oxygen atoms in total. The number of benzene rings is 1. The number of nitrogens with one attached hydrogen (secondary N) is 1. The van der Waals surface area contributed by atoms with E-state index in [1.165, 1.54) is 7.11 Å². The van der Waals surface area contributed by atoms with Crippen LogP contribution in [0.15, 0.2) is 36.4 Å². The number of carbonyl (C=O) groups excluding carboxylic acids is 1. The van der Waals surface area contributed by atoms with E-state index < -0.39 is 5.54 Å². The molecule has 2 rings (SSSR count). The molecular formula is C15H19NO3. The molecule has 1 aromatic rings. The first kappa shape index (κ1) is 13.6. The molecule has 0 unspecified atom stereocenters. The molecule has 0 spiro atoms. The normalized spacial score (nSPS) is 21.4. The highest BCUT2D eigenvalue weighted by Crippen LogP contribution is 2.24. The van der Waals surface area contributed by atoms with Gasteiger partial charge in [-0.3, -0.25) is 5.32 Å². The summed E-state index contributed by atoms with van der Waals surface area (Å²) in [5.74, 6) is 0.599. The van der Waals surface area contributed by atoms with Crippen molar-refractivity contribution in [1.82, 2.24) is 5.32 Å². The number of methoxy groups -OCH3 is 2. The highest BCUT2D eigenvalue weighted by Gasteiger charge is 2.38. The van der Waals surface area contributed by atoms with Crippen molar-refractivity contribution in [3.63, 3.8) is 0 Å². The molecule has 4 heteroatoms. The van der Waals surface area contributed by atoms with Gasteiger partial charge in [0.05, 0.1) is 14.2 Å². The molecule has 0 aliphatic heterocycles. The summed E-state index contributed by atoms with van der Waals surface area (Å²) in [7, 11) is 3.06. The lowest BCUT2D eigenvalue weighted by Gasteiger charge is -2.25. The van der Waals surface area contributed by atoms with Crippen molar-refractivity contribution < 1.29 is 14.3 Å². The van der Waals surface area contributed by atoms with Gasteiger partial charge in [0, 0.05) is 6.54 Å². The molecule has 0 amide bonds. The average Bonchev–Trinajstić information content (AvgIpc) is 2.95. The average molecular weight is 261 g/mol. The summed E-state index contributed by atoms with van der Waals surface area (Å²) in [4.78, 5) is 11.9. The summed E-state index contributed by atoms with van der Waals surface area (Å²) in [6.45, 7) is 0.615. The molecule has 0 radical (unpaired) electrons. The fourth-order valence-electron chi connectivity index (χ4n) is 2.25. The van der Waals surface area contributed by atoms with E-state index >= 15 is 0 Å². The van der Waals surface area contributed by atoms with Crippen LogP contribution in [-0.2, 0) is 16.1 Å². The predicted octanol–water partition coefficient (Wildman–Crippen LogP) is 2.05. The van der Waals surface area contributed by atoms with Crippen LogP contribution < -0.4 is 10.1 Å². The third-order valence-corrected chi connectivity index (χ3v) is 3.42. The Bertz CT molecular complexity index is 467. The van der Waals surface area contributed by atoms with E-state index in [0.717, 1.165) is 24.2 Å². The number of allylic oxidation sites excluding steroid dienone is 1. The summed E-state index contributed by atoms with van der Waals surface area (Å²) in [6, 6.07) is 7.78. The number of rotatable bonds is 5. The highest BCUT2D eigenvalue weighted by atomic mass is 16.5. The molecule has 0 bridgehead atoms. The van der Waals surface area contributed by atoms with Crippen molar-refractivity contribution in [2.24, 2.45) is 0 Å². The first-order chi connectivity index (χ1) is 9.20. The number of ether oxygens (including phenoxy) is 2. The molecule has 102 valence electrons. The van der Waals surface area contributed by atoms with Gasteiger partial charge in [-0.05, 0) is 30.5 Å². The predicted molar refractivity (Wildman–Crippen MR) is 73.0 cm³/mol. The molecule has 1 aliphatic carbocycles. The Morgan fingerprint density at radius 1 is 1.32 bits per heavy atom. The van der Waals surface area contributed by atoms with Crippen LogP contribution in [0.3, 0.4) is 0 Å². The van der Waals surface area contributed by atoms with E-state index in [1.807, 2.05) is 36.4 Å². The lowest BCUT2D eigenvalue weighted by Crippen LogP contribution is -2.49. The van der Waals surface area contributed by atoms with Crippen LogP contribution in [-0.4, -0.2) is 25.7 Å². The van der Waals surface area contributed by atoms with Crippen LogP contribution in [0.1, 0.15) is 18.4 Å². The maximum atomic E-state index is 11.9. The van der Waals surface area contributed by atoms with Gasteiger partial charge < -0.3 is 9.47 Å². The van der Waals surface area contributed by atoms with E-state index in [-0.39, 0.29) is 5.97 Å². The van der Waals surface area contributed by atoms with Crippen LogP contribution >= 0.6 is 0 Å². The first-order valence-corrected chi connectivity index (χ1v) is 6.34. The van der Waals surface area contributed by atoms with Gasteiger partial charge in [-0.2, -0.15) is 0 Å². The van der Waals surface area contributed by atoms with Crippen LogP contribution in [0.5, 0.6) is 5.75 Å². The second-order valence-corrected chi connectivity index (χ2v) is 4.61. The second-order valence-electron chi connectivity index (χ2n) is 4.61. The van der Waals surface area contributed by atoms with E-state index in [0.29, 0.717) is 6.54 Å². The van der Waals surface area contributed by atoms with Crippen molar-refractivity contribution in [1.29, 1.82) is 0 Å². The zero-order chi connectivity index (χ0) is 13.7. The Morgan fingerprint density at radius 3 is 2.58 bits per heavy atom. The Kier molecular flexibility index (Phi) is 4.22.